The fourth-order valence-corrected chi connectivity index (χ4v) is 2.06. The molecule has 0 spiro atoms. The molecule has 102 valence electrons. The number of hydrogen-bond acceptors (Lipinski definition) is 5. The van der Waals surface area contributed by atoms with Crippen LogP contribution in [0, 0.1) is 0 Å². The Hall–Kier alpha value is -0.720. The normalized spacial score (nSPS) is 11.9. The second-order valence-electron chi connectivity index (χ2n) is 5.09. The molecule has 1 rings (SSSR count). The first kappa shape index (κ1) is 15.3. The van der Waals surface area contributed by atoms with Crippen molar-refractivity contribution in [2.45, 2.75) is 39.8 Å². The zero-order valence-corrected chi connectivity index (χ0v) is 12.7. The third kappa shape index (κ3) is 5.29. The Bertz CT molecular complexity index is 402. The van der Waals surface area contributed by atoms with E-state index in [9.17, 15) is 4.79 Å². The summed E-state index contributed by atoms with van der Waals surface area (Å²) in [6.45, 7) is 9.52. The van der Waals surface area contributed by atoms with Gasteiger partial charge in [-0.3, -0.25) is 9.69 Å². The molecule has 0 saturated carbocycles. The predicted molar refractivity (Wildman–Crippen MR) is 73.8 cm³/mol. The number of carbonyl (C=O) groups excluding carboxylic acids is 1. The van der Waals surface area contributed by atoms with Gasteiger partial charge in [0.05, 0.1) is 6.54 Å². The van der Waals surface area contributed by atoms with Gasteiger partial charge in [-0.05, 0) is 27.3 Å². The molecule has 0 aliphatic rings. The molecule has 18 heavy (non-hydrogen) atoms. The van der Waals surface area contributed by atoms with Gasteiger partial charge >= 0.3 is 0 Å². The maximum absolute atomic E-state index is 11.8. The van der Waals surface area contributed by atoms with Crippen LogP contribution in [0.3, 0.4) is 0 Å². The van der Waals surface area contributed by atoms with Crippen molar-refractivity contribution in [1.82, 2.24) is 19.8 Å². The Morgan fingerprint density at radius 1 is 1.50 bits per heavy atom. The summed E-state index contributed by atoms with van der Waals surface area (Å²) in [5.41, 5.74) is 0.517. The van der Waals surface area contributed by atoms with Gasteiger partial charge in [0.15, 0.2) is 0 Å². The summed E-state index contributed by atoms with van der Waals surface area (Å²) in [7, 11) is 0. The second-order valence-corrected chi connectivity index (χ2v) is 6.45. The molecule has 0 saturated heterocycles. The maximum atomic E-state index is 11.8. The predicted octanol–water partition coefficient (Wildman–Crippen LogP) is 1.93. The molecule has 0 bridgehead atoms. The van der Waals surface area contributed by atoms with Gasteiger partial charge in [-0.1, -0.05) is 23.0 Å². The van der Waals surface area contributed by atoms with Crippen LogP contribution in [0.1, 0.15) is 33.4 Å². The van der Waals surface area contributed by atoms with E-state index in [-0.39, 0.29) is 11.4 Å². The Labute approximate surface area is 117 Å². The Morgan fingerprint density at radius 2 is 2.17 bits per heavy atom. The lowest BCUT2D eigenvalue weighted by atomic mass is 10.1. The highest BCUT2D eigenvalue weighted by Gasteiger charge is 2.17. The highest BCUT2D eigenvalue weighted by atomic mass is 35.5. The molecule has 1 aromatic rings. The van der Waals surface area contributed by atoms with E-state index < -0.39 is 0 Å². The molecule has 1 aromatic heterocycles. The Balaban J connectivity index is 2.52. The standard InChI is InChI=1S/C11H19ClN4OS/c1-5-16(6-8-10(12)18-15-14-8)7-9(17)13-11(2,3)4/h5-7H2,1-4H3,(H,13,17). The quantitative estimate of drug-likeness (QED) is 0.900. The van der Waals surface area contributed by atoms with E-state index >= 15 is 0 Å². The zero-order chi connectivity index (χ0) is 13.8. The molecule has 0 radical (unpaired) electrons. The molecule has 0 aliphatic carbocycles. The van der Waals surface area contributed by atoms with E-state index in [1.165, 1.54) is 0 Å². The van der Waals surface area contributed by atoms with Crippen LogP contribution in [0.2, 0.25) is 4.34 Å². The van der Waals surface area contributed by atoms with Crippen LogP contribution in [0.5, 0.6) is 0 Å². The number of hydrogen-bond donors (Lipinski definition) is 1. The first-order chi connectivity index (χ1) is 8.31. The van der Waals surface area contributed by atoms with Crippen molar-refractivity contribution < 1.29 is 4.79 Å². The molecular formula is C11H19ClN4OS. The number of nitrogens with zero attached hydrogens (tertiary/aromatic N) is 3. The van der Waals surface area contributed by atoms with E-state index in [0.717, 1.165) is 23.8 Å². The minimum atomic E-state index is -0.212. The summed E-state index contributed by atoms with van der Waals surface area (Å²) >= 11 is 7.11. The number of likely N-dealkylation sites (N-methyl/N-ethyl adjacent to an activating group) is 1. The minimum Gasteiger partial charge on any atom is -0.350 e. The average Bonchev–Trinajstić information content (AvgIpc) is 2.60. The van der Waals surface area contributed by atoms with Gasteiger partial charge < -0.3 is 5.32 Å². The Kier molecular flexibility index (Phi) is 5.49. The first-order valence-corrected chi connectivity index (χ1v) is 6.97. The molecule has 7 heteroatoms. The highest BCUT2D eigenvalue weighted by Crippen LogP contribution is 2.18. The van der Waals surface area contributed by atoms with Crippen molar-refractivity contribution in [1.29, 1.82) is 0 Å². The SMILES string of the molecule is CCN(CC(=O)NC(C)(C)C)Cc1nnsc1Cl. The van der Waals surface area contributed by atoms with Crippen molar-refractivity contribution >= 4 is 29.0 Å². The molecule has 0 unspecified atom stereocenters. The van der Waals surface area contributed by atoms with Crippen molar-refractivity contribution in [3.8, 4) is 0 Å². The van der Waals surface area contributed by atoms with Crippen LogP contribution >= 0.6 is 23.1 Å². The lowest BCUT2D eigenvalue weighted by Gasteiger charge is -2.24. The van der Waals surface area contributed by atoms with Gasteiger partial charge in [0.25, 0.3) is 0 Å². The molecule has 1 heterocycles. The molecule has 1 N–H and O–H groups in total. The molecule has 5 nitrogen and oxygen atoms in total. The van der Waals surface area contributed by atoms with E-state index in [2.05, 4.69) is 14.9 Å². The van der Waals surface area contributed by atoms with Gasteiger partial charge in [-0.15, -0.1) is 5.10 Å². The van der Waals surface area contributed by atoms with Crippen molar-refractivity contribution in [3.63, 3.8) is 0 Å². The fourth-order valence-electron chi connectivity index (χ4n) is 1.44. The summed E-state index contributed by atoms with van der Waals surface area (Å²) in [6.07, 6.45) is 0. The number of carbonyl (C=O) groups is 1. The summed E-state index contributed by atoms with van der Waals surface area (Å²) < 4.78 is 4.37. The lowest BCUT2D eigenvalue weighted by molar-refractivity contribution is -0.123. The number of aromatic nitrogens is 2. The summed E-state index contributed by atoms with van der Waals surface area (Å²) in [4.78, 5) is 13.8. The largest absolute Gasteiger partial charge is 0.350 e. The van der Waals surface area contributed by atoms with Crippen LogP contribution in [0.4, 0.5) is 0 Å². The third-order valence-electron chi connectivity index (χ3n) is 2.21. The second kappa shape index (κ2) is 6.45. The molecule has 0 fully saturated rings. The molecule has 0 aromatic carbocycles. The summed E-state index contributed by atoms with van der Waals surface area (Å²) in [5.74, 6) is 0.00339. The van der Waals surface area contributed by atoms with Crippen molar-refractivity contribution in [2.75, 3.05) is 13.1 Å². The number of amides is 1. The van der Waals surface area contributed by atoms with Crippen LogP contribution in [-0.4, -0.2) is 39.0 Å². The van der Waals surface area contributed by atoms with Gasteiger partial charge in [0.2, 0.25) is 5.91 Å². The molecule has 1 amide bonds. The summed E-state index contributed by atoms with van der Waals surface area (Å²) in [6, 6.07) is 0. The van der Waals surface area contributed by atoms with Crippen molar-refractivity contribution in [3.05, 3.63) is 10.0 Å². The van der Waals surface area contributed by atoms with Crippen LogP contribution < -0.4 is 5.32 Å². The van der Waals surface area contributed by atoms with Crippen molar-refractivity contribution in [2.24, 2.45) is 0 Å². The van der Waals surface area contributed by atoms with Gasteiger partial charge in [-0.2, -0.15) is 0 Å². The van der Waals surface area contributed by atoms with E-state index in [0.29, 0.717) is 17.4 Å². The highest BCUT2D eigenvalue weighted by molar-refractivity contribution is 7.10. The lowest BCUT2D eigenvalue weighted by Crippen LogP contribution is -2.45. The molecular weight excluding hydrogens is 272 g/mol. The number of rotatable bonds is 5. The molecule has 0 atom stereocenters. The Morgan fingerprint density at radius 3 is 2.61 bits per heavy atom. The van der Waals surface area contributed by atoms with Gasteiger partial charge in [0.1, 0.15) is 10.0 Å². The average molecular weight is 291 g/mol. The van der Waals surface area contributed by atoms with Crippen LogP contribution in [0.25, 0.3) is 0 Å². The van der Waals surface area contributed by atoms with Gasteiger partial charge in [-0.25, -0.2) is 0 Å². The zero-order valence-electron chi connectivity index (χ0n) is 11.2. The summed E-state index contributed by atoms with van der Waals surface area (Å²) in [5, 5.41) is 6.88. The van der Waals surface area contributed by atoms with E-state index in [1.54, 1.807) is 0 Å². The maximum Gasteiger partial charge on any atom is 0.234 e. The first-order valence-electron chi connectivity index (χ1n) is 5.82. The monoisotopic (exact) mass is 290 g/mol. The minimum absolute atomic E-state index is 0.00339. The van der Waals surface area contributed by atoms with Crippen LogP contribution in [-0.2, 0) is 11.3 Å². The van der Waals surface area contributed by atoms with E-state index in [1.807, 2.05) is 32.6 Å². The van der Waals surface area contributed by atoms with Gasteiger partial charge in [0, 0.05) is 23.6 Å². The number of nitrogens with one attached hydrogen (secondary N) is 1. The van der Waals surface area contributed by atoms with E-state index in [4.69, 9.17) is 11.6 Å². The topological polar surface area (TPSA) is 58.1 Å². The fraction of sp³-hybridized carbons (Fsp3) is 0.727. The smallest absolute Gasteiger partial charge is 0.234 e. The van der Waals surface area contributed by atoms with Crippen LogP contribution in [0.15, 0.2) is 0 Å². The number of halogens is 1. The third-order valence-corrected chi connectivity index (χ3v) is 3.20. The molecule has 0 aliphatic heterocycles.